The van der Waals surface area contributed by atoms with Gasteiger partial charge in [0.2, 0.25) is 5.91 Å². The second-order valence-electron chi connectivity index (χ2n) is 7.48. The topological polar surface area (TPSA) is 76.4 Å². The number of rotatable bonds is 4. The van der Waals surface area contributed by atoms with Crippen molar-refractivity contribution in [3.05, 3.63) is 35.6 Å². The molecule has 0 radical (unpaired) electrons. The summed E-state index contributed by atoms with van der Waals surface area (Å²) in [6.07, 6.45) is -1.05. The molecule has 1 aromatic carbocycles. The van der Waals surface area contributed by atoms with E-state index in [0.29, 0.717) is 30.5 Å². The van der Waals surface area contributed by atoms with E-state index >= 15 is 0 Å². The van der Waals surface area contributed by atoms with Crippen molar-refractivity contribution >= 4 is 11.8 Å². The van der Waals surface area contributed by atoms with Gasteiger partial charge in [-0.3, -0.25) is 9.59 Å². The number of piperidine rings is 1. The molecule has 3 fully saturated rings. The van der Waals surface area contributed by atoms with Crippen LogP contribution in [0.2, 0.25) is 0 Å². The van der Waals surface area contributed by atoms with Gasteiger partial charge >= 0.3 is 0 Å². The fourth-order valence-electron chi connectivity index (χ4n) is 4.26. The largest absolute Gasteiger partial charge is 0.338 e. The molecule has 2 heterocycles. The number of carbonyl (C=O) groups excluding carboxylic acids is 2. The lowest BCUT2D eigenvalue weighted by atomic mass is 10.2. The van der Waals surface area contributed by atoms with Crippen LogP contribution < -0.4 is 5.32 Å². The highest BCUT2D eigenvalue weighted by Crippen LogP contribution is 2.45. The molecule has 1 aliphatic carbocycles. The van der Waals surface area contributed by atoms with Crippen LogP contribution in [0.5, 0.6) is 0 Å². The number of nitriles is 1. The molecule has 1 unspecified atom stereocenters. The number of likely N-dealkylation sites (tertiary alicyclic amines) is 2. The summed E-state index contributed by atoms with van der Waals surface area (Å²) in [5, 5.41) is 12.2. The van der Waals surface area contributed by atoms with Gasteiger partial charge in [0.05, 0.1) is 19.2 Å². The van der Waals surface area contributed by atoms with Gasteiger partial charge in [0, 0.05) is 31.1 Å². The van der Waals surface area contributed by atoms with Gasteiger partial charge in [-0.25, -0.2) is 8.78 Å². The number of alkyl halides is 1. The van der Waals surface area contributed by atoms with E-state index < -0.39 is 12.2 Å². The van der Waals surface area contributed by atoms with Crippen molar-refractivity contribution in [1.29, 1.82) is 5.26 Å². The van der Waals surface area contributed by atoms with E-state index in [-0.39, 0.29) is 43.2 Å². The molecule has 4 rings (SSSR count). The Kier molecular flexibility index (Phi) is 4.56. The normalized spacial score (nSPS) is 31.5. The zero-order valence-corrected chi connectivity index (χ0v) is 14.6. The van der Waals surface area contributed by atoms with E-state index in [9.17, 15) is 18.4 Å². The summed E-state index contributed by atoms with van der Waals surface area (Å²) >= 11 is 0. The number of hydrogen-bond donors (Lipinski definition) is 1. The number of nitrogens with one attached hydrogen (secondary N) is 1. The van der Waals surface area contributed by atoms with Crippen LogP contribution >= 0.6 is 0 Å². The van der Waals surface area contributed by atoms with Crippen molar-refractivity contribution in [2.45, 2.75) is 24.7 Å². The molecule has 2 saturated heterocycles. The van der Waals surface area contributed by atoms with Crippen LogP contribution in [0.3, 0.4) is 0 Å². The van der Waals surface area contributed by atoms with Crippen molar-refractivity contribution in [1.82, 2.24) is 15.1 Å². The molecule has 27 heavy (non-hydrogen) atoms. The predicted molar refractivity (Wildman–Crippen MR) is 91.7 cm³/mol. The third kappa shape index (κ3) is 3.39. The summed E-state index contributed by atoms with van der Waals surface area (Å²) in [5.41, 5.74) is 0.467. The summed E-state index contributed by atoms with van der Waals surface area (Å²) in [5.74, 6) is -0.158. The molecule has 1 aromatic rings. The maximum absolute atomic E-state index is 13.4. The Morgan fingerprint density at radius 1 is 1.19 bits per heavy atom. The number of hydrogen-bond acceptors (Lipinski definition) is 4. The Bertz CT molecular complexity index is 782. The van der Waals surface area contributed by atoms with Gasteiger partial charge in [-0.1, -0.05) is 0 Å². The summed E-state index contributed by atoms with van der Waals surface area (Å²) in [6.45, 7) is 1.26. The highest BCUT2D eigenvalue weighted by atomic mass is 19.1. The molecule has 142 valence electrons. The minimum Gasteiger partial charge on any atom is -0.338 e. The molecule has 0 bridgehead atoms. The van der Waals surface area contributed by atoms with Gasteiger partial charge < -0.3 is 15.1 Å². The van der Waals surface area contributed by atoms with Crippen LogP contribution in [0, 0.1) is 29.0 Å². The van der Waals surface area contributed by atoms with Gasteiger partial charge in [-0.05, 0) is 36.1 Å². The molecular formula is C19H20F2N4O2. The van der Waals surface area contributed by atoms with Crippen molar-refractivity contribution in [2.24, 2.45) is 11.8 Å². The van der Waals surface area contributed by atoms with Crippen molar-refractivity contribution in [3.8, 4) is 6.07 Å². The molecule has 0 aromatic heterocycles. The molecule has 6 nitrogen and oxygen atoms in total. The van der Waals surface area contributed by atoms with Gasteiger partial charge in [0.1, 0.15) is 18.0 Å². The van der Waals surface area contributed by atoms with E-state index in [0.717, 1.165) is 0 Å². The summed E-state index contributed by atoms with van der Waals surface area (Å²) in [7, 11) is 0. The van der Waals surface area contributed by atoms with Gasteiger partial charge in [-0.2, -0.15) is 5.26 Å². The first-order valence-corrected chi connectivity index (χ1v) is 9.09. The van der Waals surface area contributed by atoms with E-state index in [1.807, 2.05) is 6.07 Å². The minimum atomic E-state index is -1.13. The fraction of sp³-hybridized carbons (Fsp3) is 0.526. The van der Waals surface area contributed by atoms with E-state index in [4.69, 9.17) is 5.26 Å². The second-order valence-corrected chi connectivity index (χ2v) is 7.48. The maximum Gasteiger partial charge on any atom is 0.253 e. The van der Waals surface area contributed by atoms with Crippen LogP contribution in [-0.4, -0.2) is 66.0 Å². The van der Waals surface area contributed by atoms with Crippen molar-refractivity contribution in [3.63, 3.8) is 0 Å². The Labute approximate surface area is 155 Å². The van der Waals surface area contributed by atoms with E-state index in [1.54, 1.807) is 4.90 Å². The summed E-state index contributed by atoms with van der Waals surface area (Å²) in [6, 6.07) is 6.96. The average Bonchev–Trinajstić information content (AvgIpc) is 3.00. The van der Waals surface area contributed by atoms with Crippen LogP contribution in [0.15, 0.2) is 24.3 Å². The van der Waals surface area contributed by atoms with Crippen LogP contribution in [0.4, 0.5) is 8.78 Å². The maximum atomic E-state index is 13.4. The molecule has 1 saturated carbocycles. The number of nitrogens with zero attached hydrogens (tertiary/aromatic N) is 3. The van der Waals surface area contributed by atoms with Gasteiger partial charge in [0.15, 0.2) is 0 Å². The zero-order valence-electron chi connectivity index (χ0n) is 14.6. The fourth-order valence-corrected chi connectivity index (χ4v) is 4.26. The number of halogens is 2. The lowest BCUT2D eigenvalue weighted by Crippen LogP contribution is -2.43. The van der Waals surface area contributed by atoms with Crippen molar-refractivity contribution < 1.29 is 18.4 Å². The lowest BCUT2D eigenvalue weighted by molar-refractivity contribution is -0.130. The SMILES string of the molecule is N#C[C@@H]1C[C@H](F)CN1C(=O)CNC1[C@H]2CN(C(=O)c3ccc(F)cc3)C[C@@H]12. The monoisotopic (exact) mass is 374 g/mol. The Morgan fingerprint density at radius 3 is 2.48 bits per heavy atom. The predicted octanol–water partition coefficient (Wildman–Crippen LogP) is 0.948. The average molecular weight is 374 g/mol. The molecular weight excluding hydrogens is 354 g/mol. The summed E-state index contributed by atoms with van der Waals surface area (Å²) < 4.78 is 26.4. The molecule has 5 atom stereocenters. The lowest BCUT2D eigenvalue weighted by Gasteiger charge is -2.22. The van der Waals surface area contributed by atoms with Gasteiger partial charge in [0.25, 0.3) is 5.91 Å². The standard InChI is InChI=1S/C19H20F2N4O2/c20-12-3-1-11(2-4-12)19(27)24-9-15-16(10-24)18(15)23-7-17(26)25-8-13(21)5-14(25)6-22/h1-4,13-16,18,23H,5,7-10H2/t13-,14-,15-,16+,18?/m0/s1. The smallest absolute Gasteiger partial charge is 0.253 e. The highest BCUT2D eigenvalue weighted by molar-refractivity contribution is 5.94. The summed E-state index contributed by atoms with van der Waals surface area (Å²) in [4.78, 5) is 27.7. The Balaban J connectivity index is 1.25. The van der Waals surface area contributed by atoms with Crippen LogP contribution in [0.1, 0.15) is 16.8 Å². The highest BCUT2D eigenvalue weighted by Gasteiger charge is 2.56. The first kappa shape index (κ1) is 17.9. The Hall–Kier alpha value is -2.53. The quantitative estimate of drug-likeness (QED) is 0.851. The Morgan fingerprint density at radius 2 is 1.85 bits per heavy atom. The van der Waals surface area contributed by atoms with E-state index in [2.05, 4.69) is 5.32 Å². The van der Waals surface area contributed by atoms with Crippen LogP contribution in [-0.2, 0) is 4.79 Å². The minimum absolute atomic E-state index is 0.0176. The third-order valence-electron chi connectivity index (χ3n) is 5.78. The first-order valence-electron chi connectivity index (χ1n) is 9.09. The molecule has 8 heteroatoms. The second kappa shape index (κ2) is 6.89. The van der Waals surface area contributed by atoms with Crippen LogP contribution in [0.25, 0.3) is 0 Å². The van der Waals surface area contributed by atoms with Crippen molar-refractivity contribution in [2.75, 3.05) is 26.2 Å². The molecule has 0 spiro atoms. The number of fused-ring (bicyclic) bond motifs is 1. The third-order valence-corrected chi connectivity index (χ3v) is 5.78. The van der Waals surface area contributed by atoms with E-state index in [1.165, 1.54) is 29.2 Å². The first-order chi connectivity index (χ1) is 13.0. The number of carbonyl (C=O) groups is 2. The zero-order chi connectivity index (χ0) is 19.1. The molecule has 2 amide bonds. The van der Waals surface area contributed by atoms with Gasteiger partial charge in [-0.15, -0.1) is 0 Å². The molecule has 3 aliphatic rings. The number of amides is 2. The number of benzene rings is 1. The molecule has 2 aliphatic heterocycles. The molecule has 1 N–H and O–H groups in total.